The lowest BCUT2D eigenvalue weighted by molar-refractivity contribution is 0.0467. The molecule has 0 radical (unpaired) electrons. The molecule has 0 aliphatic rings. The molecule has 100 valence electrons. The van der Waals surface area contributed by atoms with Gasteiger partial charge in [-0.1, -0.05) is 51.1 Å². The molecule has 0 saturated heterocycles. The van der Waals surface area contributed by atoms with Crippen LogP contribution in [0.2, 0.25) is 0 Å². The summed E-state index contributed by atoms with van der Waals surface area (Å²) in [5.74, 6) is -0.365. The molecule has 1 aromatic carbocycles. The minimum atomic E-state index is -0.365. The fraction of sp³-hybridized carbons (Fsp3) is 0.333. The van der Waals surface area contributed by atoms with Crippen LogP contribution in [0.25, 0.3) is 0 Å². The van der Waals surface area contributed by atoms with Crippen LogP contribution in [0, 0.1) is 0 Å². The van der Waals surface area contributed by atoms with Crippen molar-refractivity contribution in [1.29, 1.82) is 0 Å². The number of esters is 1. The summed E-state index contributed by atoms with van der Waals surface area (Å²) in [6.07, 6.45) is 0. The smallest absolute Gasteiger partial charge is 0.358 e. The molecule has 1 aromatic heterocycles. The summed E-state index contributed by atoms with van der Waals surface area (Å²) < 4.78 is 9.41. The Labute approximate surface area is 117 Å². The SMILES string of the molecule is CC(C)(C)c1cc(C(=O)OCc2ccccc2)ns1. The predicted molar refractivity (Wildman–Crippen MR) is 76.4 cm³/mol. The molecule has 0 N–H and O–H groups in total. The van der Waals surface area contributed by atoms with E-state index in [4.69, 9.17) is 4.74 Å². The van der Waals surface area contributed by atoms with Crippen molar-refractivity contribution in [2.45, 2.75) is 32.8 Å². The van der Waals surface area contributed by atoms with Crippen molar-refractivity contribution in [1.82, 2.24) is 4.37 Å². The molecule has 19 heavy (non-hydrogen) atoms. The van der Waals surface area contributed by atoms with Gasteiger partial charge in [-0.15, -0.1) is 0 Å². The Morgan fingerprint density at radius 2 is 1.95 bits per heavy atom. The number of carbonyl (C=O) groups excluding carboxylic acids is 1. The Morgan fingerprint density at radius 3 is 2.53 bits per heavy atom. The molecule has 0 bridgehead atoms. The van der Waals surface area contributed by atoms with Gasteiger partial charge in [0, 0.05) is 4.88 Å². The van der Waals surface area contributed by atoms with Crippen LogP contribution in [0.4, 0.5) is 0 Å². The lowest BCUT2D eigenvalue weighted by atomic mass is 9.94. The maximum atomic E-state index is 11.9. The summed E-state index contributed by atoms with van der Waals surface area (Å²) in [7, 11) is 0. The minimum Gasteiger partial charge on any atom is -0.456 e. The number of aromatic nitrogens is 1. The normalized spacial score (nSPS) is 11.3. The monoisotopic (exact) mass is 275 g/mol. The highest BCUT2D eigenvalue weighted by Gasteiger charge is 2.20. The van der Waals surface area contributed by atoms with Gasteiger partial charge in [-0.05, 0) is 28.6 Å². The third-order valence-corrected chi connectivity index (χ3v) is 3.89. The van der Waals surface area contributed by atoms with E-state index in [0.29, 0.717) is 5.69 Å². The minimum absolute atomic E-state index is 0.00955. The van der Waals surface area contributed by atoms with Gasteiger partial charge in [0.25, 0.3) is 0 Å². The second-order valence-corrected chi connectivity index (χ2v) is 6.19. The number of benzene rings is 1. The van der Waals surface area contributed by atoms with Crippen molar-refractivity contribution in [2.24, 2.45) is 0 Å². The number of carbonyl (C=O) groups is 1. The zero-order chi connectivity index (χ0) is 13.9. The number of rotatable bonds is 3. The first-order valence-electron chi connectivity index (χ1n) is 6.15. The first-order chi connectivity index (χ1) is 8.97. The van der Waals surface area contributed by atoms with Gasteiger partial charge in [0.15, 0.2) is 5.69 Å². The van der Waals surface area contributed by atoms with Gasteiger partial charge in [0.2, 0.25) is 0 Å². The fourth-order valence-electron chi connectivity index (χ4n) is 1.52. The molecule has 4 heteroatoms. The second kappa shape index (κ2) is 5.53. The van der Waals surface area contributed by atoms with Crippen LogP contribution in [0.3, 0.4) is 0 Å². The Bertz CT molecular complexity index is 555. The average molecular weight is 275 g/mol. The molecule has 1 heterocycles. The summed E-state index contributed by atoms with van der Waals surface area (Å²) in [6, 6.07) is 11.4. The number of hydrogen-bond acceptors (Lipinski definition) is 4. The highest BCUT2D eigenvalue weighted by Crippen LogP contribution is 2.26. The molecular weight excluding hydrogens is 258 g/mol. The molecule has 0 fully saturated rings. The number of nitrogens with zero attached hydrogens (tertiary/aromatic N) is 1. The summed E-state index contributed by atoms with van der Waals surface area (Å²) in [5.41, 5.74) is 1.38. The van der Waals surface area contributed by atoms with E-state index < -0.39 is 0 Å². The molecule has 0 aliphatic heterocycles. The summed E-state index contributed by atoms with van der Waals surface area (Å²) in [5, 5.41) is 0. The van der Waals surface area contributed by atoms with Crippen molar-refractivity contribution in [3.8, 4) is 0 Å². The van der Waals surface area contributed by atoms with Crippen molar-refractivity contribution in [3.05, 3.63) is 52.5 Å². The summed E-state index contributed by atoms with van der Waals surface area (Å²) in [4.78, 5) is 13.0. The van der Waals surface area contributed by atoms with Crippen LogP contribution in [0.5, 0.6) is 0 Å². The molecule has 3 nitrogen and oxygen atoms in total. The van der Waals surface area contributed by atoms with E-state index in [0.717, 1.165) is 10.4 Å². The van der Waals surface area contributed by atoms with Gasteiger partial charge in [-0.2, -0.15) is 4.37 Å². The second-order valence-electron chi connectivity index (χ2n) is 5.39. The fourth-order valence-corrected chi connectivity index (χ4v) is 2.28. The van der Waals surface area contributed by atoms with E-state index in [2.05, 4.69) is 25.1 Å². The number of hydrogen-bond donors (Lipinski definition) is 0. The molecule has 0 amide bonds. The van der Waals surface area contributed by atoms with Gasteiger partial charge < -0.3 is 4.74 Å². The van der Waals surface area contributed by atoms with Gasteiger partial charge in [-0.3, -0.25) is 0 Å². The molecule has 2 rings (SSSR count). The average Bonchev–Trinajstić information content (AvgIpc) is 2.87. The van der Waals surface area contributed by atoms with E-state index in [1.807, 2.05) is 36.4 Å². The third-order valence-electron chi connectivity index (χ3n) is 2.67. The Kier molecular flexibility index (Phi) is 4.00. The molecule has 0 unspecified atom stereocenters. The van der Waals surface area contributed by atoms with Gasteiger partial charge in [-0.25, -0.2) is 4.79 Å². The first-order valence-corrected chi connectivity index (χ1v) is 6.92. The summed E-state index contributed by atoms with van der Waals surface area (Å²) in [6.45, 7) is 6.57. The first kappa shape index (κ1) is 13.7. The highest BCUT2D eigenvalue weighted by atomic mass is 32.1. The van der Waals surface area contributed by atoms with Gasteiger partial charge in [0.05, 0.1) is 0 Å². The van der Waals surface area contributed by atoms with E-state index in [1.54, 1.807) is 0 Å². The molecule has 2 aromatic rings. The maximum Gasteiger partial charge on any atom is 0.358 e. The lowest BCUT2D eigenvalue weighted by Gasteiger charge is -2.14. The van der Waals surface area contributed by atoms with E-state index in [9.17, 15) is 4.79 Å². The topological polar surface area (TPSA) is 39.2 Å². The Hall–Kier alpha value is -1.68. The predicted octanol–water partition coefficient (Wildman–Crippen LogP) is 3.80. The van der Waals surface area contributed by atoms with Gasteiger partial charge in [0.1, 0.15) is 6.61 Å². The van der Waals surface area contributed by atoms with Crippen molar-refractivity contribution < 1.29 is 9.53 Å². The largest absolute Gasteiger partial charge is 0.456 e. The van der Waals surface area contributed by atoms with Crippen LogP contribution in [-0.2, 0) is 16.8 Å². The molecular formula is C15H17NO2S. The maximum absolute atomic E-state index is 11.9. The zero-order valence-corrected chi connectivity index (χ0v) is 12.2. The lowest BCUT2D eigenvalue weighted by Crippen LogP contribution is -2.09. The molecule has 0 atom stereocenters. The van der Waals surface area contributed by atoms with Gasteiger partial charge >= 0.3 is 5.97 Å². The zero-order valence-electron chi connectivity index (χ0n) is 11.3. The summed E-state index contributed by atoms with van der Waals surface area (Å²) >= 11 is 1.36. The highest BCUT2D eigenvalue weighted by molar-refractivity contribution is 7.06. The van der Waals surface area contributed by atoms with Crippen LogP contribution in [0.15, 0.2) is 36.4 Å². The number of ether oxygens (including phenoxy) is 1. The Morgan fingerprint density at radius 1 is 1.26 bits per heavy atom. The van der Waals surface area contributed by atoms with E-state index >= 15 is 0 Å². The van der Waals surface area contributed by atoms with Crippen molar-refractivity contribution in [2.75, 3.05) is 0 Å². The Balaban J connectivity index is 1.99. The molecule has 0 aliphatic carbocycles. The van der Waals surface area contributed by atoms with Crippen LogP contribution in [-0.4, -0.2) is 10.3 Å². The third kappa shape index (κ3) is 3.64. The van der Waals surface area contributed by atoms with Crippen LogP contribution in [0.1, 0.15) is 41.7 Å². The van der Waals surface area contributed by atoms with Crippen molar-refractivity contribution in [3.63, 3.8) is 0 Å². The van der Waals surface area contributed by atoms with Crippen molar-refractivity contribution >= 4 is 17.5 Å². The van der Waals surface area contributed by atoms with Crippen LogP contribution < -0.4 is 0 Å². The van der Waals surface area contributed by atoms with E-state index in [1.165, 1.54) is 11.5 Å². The standard InChI is InChI=1S/C15H17NO2S/c1-15(2,3)13-9-12(16-19-13)14(17)18-10-11-7-5-4-6-8-11/h4-9H,10H2,1-3H3. The van der Waals surface area contributed by atoms with Crippen LogP contribution >= 0.6 is 11.5 Å². The quantitative estimate of drug-likeness (QED) is 0.800. The van der Waals surface area contributed by atoms with E-state index in [-0.39, 0.29) is 18.0 Å². The molecule has 0 spiro atoms. The molecule has 0 saturated carbocycles.